The summed E-state index contributed by atoms with van der Waals surface area (Å²) in [4.78, 5) is 12.7. The molecule has 1 aromatic heterocycles. The number of halogens is 1. The maximum absolute atomic E-state index is 12.7. The molecule has 0 saturated heterocycles. The fourth-order valence-corrected chi connectivity index (χ4v) is 3.91. The number of ether oxygens (including phenoxy) is 2. The standard InChI is InChI=1S/C21H15ClO5/c1-10-2-4-12-16(6-10)25-9-15(19(12)23)14-8-26-20-13-5-3-11(22)7-17(13)27-21(24)18(14)20/h2-7,14,23H,8-9H2,1H3. The third-order valence-corrected chi connectivity index (χ3v) is 5.33. The van der Waals surface area contributed by atoms with E-state index in [-0.39, 0.29) is 19.0 Å². The highest BCUT2D eigenvalue weighted by Gasteiger charge is 2.37. The highest BCUT2D eigenvalue weighted by molar-refractivity contribution is 6.31. The molecule has 0 saturated carbocycles. The van der Waals surface area contributed by atoms with E-state index in [2.05, 4.69) is 0 Å². The first-order valence-corrected chi connectivity index (χ1v) is 8.95. The number of aryl methyl sites for hydroxylation is 1. The van der Waals surface area contributed by atoms with Crippen molar-refractivity contribution in [3.8, 4) is 11.5 Å². The van der Waals surface area contributed by atoms with Crippen molar-refractivity contribution in [1.82, 2.24) is 0 Å². The number of hydrogen-bond acceptors (Lipinski definition) is 5. The van der Waals surface area contributed by atoms with Crippen LogP contribution in [0, 0.1) is 6.92 Å². The Morgan fingerprint density at radius 2 is 2.00 bits per heavy atom. The Kier molecular flexibility index (Phi) is 3.49. The van der Waals surface area contributed by atoms with Gasteiger partial charge in [-0.1, -0.05) is 17.7 Å². The monoisotopic (exact) mass is 382 g/mol. The third kappa shape index (κ3) is 2.42. The lowest BCUT2D eigenvalue weighted by atomic mass is 9.89. The summed E-state index contributed by atoms with van der Waals surface area (Å²) in [7, 11) is 0. The van der Waals surface area contributed by atoms with E-state index in [1.54, 1.807) is 18.2 Å². The summed E-state index contributed by atoms with van der Waals surface area (Å²) < 4.78 is 17.1. The smallest absolute Gasteiger partial charge is 0.343 e. The first-order valence-electron chi connectivity index (χ1n) is 8.58. The minimum absolute atomic E-state index is 0.133. The summed E-state index contributed by atoms with van der Waals surface area (Å²) in [5, 5.41) is 12.0. The van der Waals surface area contributed by atoms with Crippen LogP contribution in [0.2, 0.25) is 5.02 Å². The van der Waals surface area contributed by atoms with E-state index in [1.807, 2.05) is 25.1 Å². The van der Waals surface area contributed by atoms with Crippen molar-refractivity contribution in [1.29, 1.82) is 0 Å². The van der Waals surface area contributed by atoms with Crippen molar-refractivity contribution in [2.45, 2.75) is 12.8 Å². The summed E-state index contributed by atoms with van der Waals surface area (Å²) in [5.74, 6) is 0.826. The number of benzene rings is 2. The average molecular weight is 383 g/mol. The maximum atomic E-state index is 12.7. The number of hydrogen-bond donors (Lipinski definition) is 1. The number of aliphatic hydroxyl groups excluding tert-OH is 1. The molecule has 2 aliphatic rings. The van der Waals surface area contributed by atoms with Crippen molar-refractivity contribution in [2.24, 2.45) is 0 Å². The van der Waals surface area contributed by atoms with Gasteiger partial charge in [-0.25, -0.2) is 4.79 Å². The van der Waals surface area contributed by atoms with Gasteiger partial charge in [0, 0.05) is 16.7 Å². The van der Waals surface area contributed by atoms with E-state index >= 15 is 0 Å². The molecule has 0 fully saturated rings. The minimum Gasteiger partial charge on any atom is -0.507 e. The van der Waals surface area contributed by atoms with Crippen LogP contribution in [0.1, 0.15) is 22.6 Å². The average Bonchev–Trinajstić information content (AvgIpc) is 3.07. The Bertz CT molecular complexity index is 1190. The highest BCUT2D eigenvalue weighted by Crippen LogP contribution is 2.45. The van der Waals surface area contributed by atoms with Crippen molar-refractivity contribution in [3.05, 3.63) is 74.1 Å². The largest absolute Gasteiger partial charge is 0.507 e. The highest BCUT2D eigenvalue weighted by atomic mass is 35.5. The van der Waals surface area contributed by atoms with Crippen LogP contribution in [-0.2, 0) is 0 Å². The SMILES string of the molecule is Cc1ccc2c(c1)OCC(C1COc3c1c(=O)oc1cc(Cl)ccc31)=C2O. The van der Waals surface area contributed by atoms with E-state index in [0.29, 0.717) is 44.2 Å². The first-order chi connectivity index (χ1) is 13.0. The van der Waals surface area contributed by atoms with E-state index in [0.717, 1.165) is 5.56 Å². The molecule has 3 heterocycles. The maximum Gasteiger partial charge on any atom is 0.343 e. The Hall–Kier alpha value is -2.92. The van der Waals surface area contributed by atoms with Gasteiger partial charge in [-0.05, 0) is 36.8 Å². The molecule has 3 aromatic rings. The molecule has 0 amide bonds. The van der Waals surface area contributed by atoms with Gasteiger partial charge in [0.2, 0.25) is 0 Å². The van der Waals surface area contributed by atoms with Crippen molar-refractivity contribution in [2.75, 3.05) is 13.2 Å². The van der Waals surface area contributed by atoms with E-state index in [4.69, 9.17) is 25.5 Å². The van der Waals surface area contributed by atoms with Crippen LogP contribution in [0.15, 0.2) is 51.2 Å². The van der Waals surface area contributed by atoms with Crippen LogP contribution in [0.3, 0.4) is 0 Å². The molecule has 136 valence electrons. The fourth-order valence-electron chi connectivity index (χ4n) is 3.75. The minimum atomic E-state index is -0.489. The molecular weight excluding hydrogens is 368 g/mol. The predicted octanol–water partition coefficient (Wildman–Crippen LogP) is 4.59. The predicted molar refractivity (Wildman–Crippen MR) is 102 cm³/mol. The normalized spacial score (nSPS) is 18.1. The Morgan fingerprint density at radius 1 is 1.15 bits per heavy atom. The Morgan fingerprint density at radius 3 is 2.85 bits per heavy atom. The van der Waals surface area contributed by atoms with E-state index < -0.39 is 11.5 Å². The van der Waals surface area contributed by atoms with E-state index in [9.17, 15) is 9.90 Å². The molecule has 5 nitrogen and oxygen atoms in total. The second kappa shape index (κ2) is 5.79. The van der Waals surface area contributed by atoms with Gasteiger partial charge in [-0.2, -0.15) is 0 Å². The molecule has 0 bridgehead atoms. The lowest BCUT2D eigenvalue weighted by molar-refractivity contribution is 0.300. The van der Waals surface area contributed by atoms with Gasteiger partial charge in [-0.15, -0.1) is 0 Å². The molecule has 0 aliphatic carbocycles. The lowest BCUT2D eigenvalue weighted by Crippen LogP contribution is -2.21. The molecule has 2 aliphatic heterocycles. The molecule has 0 spiro atoms. The zero-order chi connectivity index (χ0) is 18.7. The van der Waals surface area contributed by atoms with Gasteiger partial charge in [-0.3, -0.25) is 0 Å². The molecule has 0 radical (unpaired) electrons. The van der Waals surface area contributed by atoms with Gasteiger partial charge in [0.1, 0.15) is 29.4 Å². The summed E-state index contributed by atoms with van der Waals surface area (Å²) in [6, 6.07) is 10.7. The van der Waals surface area contributed by atoms with Crippen molar-refractivity contribution >= 4 is 28.3 Å². The van der Waals surface area contributed by atoms with Gasteiger partial charge in [0.15, 0.2) is 0 Å². The van der Waals surface area contributed by atoms with Gasteiger partial charge in [0.25, 0.3) is 0 Å². The Labute approximate surface area is 159 Å². The fraction of sp³-hybridized carbons (Fsp3) is 0.190. The number of rotatable bonds is 1. The molecule has 2 aromatic carbocycles. The van der Waals surface area contributed by atoms with Gasteiger partial charge in [0.05, 0.1) is 29.0 Å². The molecule has 5 rings (SSSR count). The molecule has 6 heteroatoms. The second-order valence-corrected chi connectivity index (χ2v) is 7.23. The quantitative estimate of drug-likeness (QED) is 0.623. The molecule has 1 atom stereocenters. The topological polar surface area (TPSA) is 68.9 Å². The summed E-state index contributed by atoms with van der Waals surface area (Å²) >= 11 is 5.99. The first kappa shape index (κ1) is 16.3. The third-order valence-electron chi connectivity index (χ3n) is 5.10. The molecule has 27 heavy (non-hydrogen) atoms. The second-order valence-electron chi connectivity index (χ2n) is 6.80. The zero-order valence-corrected chi connectivity index (χ0v) is 15.2. The van der Waals surface area contributed by atoms with Gasteiger partial charge >= 0.3 is 5.63 Å². The van der Waals surface area contributed by atoms with Gasteiger partial charge < -0.3 is 19.0 Å². The van der Waals surface area contributed by atoms with Crippen LogP contribution in [0.4, 0.5) is 0 Å². The zero-order valence-electron chi connectivity index (χ0n) is 14.4. The molecule has 1 N–H and O–H groups in total. The van der Waals surface area contributed by atoms with Crippen LogP contribution < -0.4 is 15.1 Å². The number of fused-ring (bicyclic) bond motifs is 4. The summed E-state index contributed by atoms with van der Waals surface area (Å²) in [5.41, 5.74) is 2.58. The van der Waals surface area contributed by atoms with Crippen LogP contribution in [0.25, 0.3) is 16.7 Å². The lowest BCUT2D eigenvalue weighted by Gasteiger charge is -2.23. The van der Waals surface area contributed by atoms with Crippen LogP contribution >= 0.6 is 11.6 Å². The summed E-state index contributed by atoms with van der Waals surface area (Å²) in [6.45, 7) is 2.39. The van der Waals surface area contributed by atoms with Crippen LogP contribution in [0.5, 0.6) is 11.5 Å². The number of aliphatic hydroxyl groups is 1. The Balaban J connectivity index is 1.68. The molecule has 1 unspecified atom stereocenters. The molecular formula is C21H15ClO5. The van der Waals surface area contributed by atoms with Crippen LogP contribution in [-0.4, -0.2) is 18.3 Å². The van der Waals surface area contributed by atoms with Crippen molar-refractivity contribution < 1.29 is 19.0 Å². The van der Waals surface area contributed by atoms with E-state index in [1.165, 1.54) is 0 Å². The van der Waals surface area contributed by atoms with Crippen molar-refractivity contribution in [3.63, 3.8) is 0 Å². The summed E-state index contributed by atoms with van der Waals surface area (Å²) in [6.07, 6.45) is 0.